The lowest BCUT2D eigenvalue weighted by Gasteiger charge is -2.08. The first kappa shape index (κ1) is 12.0. The number of amides is 2. The van der Waals surface area contributed by atoms with Crippen LogP contribution in [0.25, 0.3) is 10.9 Å². The van der Waals surface area contributed by atoms with Crippen LogP contribution in [0.15, 0.2) is 24.3 Å². The molecule has 3 N–H and O–H groups in total. The highest BCUT2D eigenvalue weighted by molar-refractivity contribution is 6.31. The predicted molar refractivity (Wildman–Crippen MR) is 72.2 cm³/mol. The van der Waals surface area contributed by atoms with Gasteiger partial charge in [-0.15, -0.1) is 0 Å². The van der Waals surface area contributed by atoms with Crippen LogP contribution in [-0.4, -0.2) is 29.4 Å². The van der Waals surface area contributed by atoms with Gasteiger partial charge in [-0.1, -0.05) is 11.6 Å². The van der Waals surface area contributed by atoms with Gasteiger partial charge in [0, 0.05) is 22.5 Å². The van der Waals surface area contributed by atoms with Crippen molar-refractivity contribution in [2.45, 2.75) is 12.5 Å². The summed E-state index contributed by atoms with van der Waals surface area (Å²) in [5.74, 6) is -0.415. The van der Waals surface area contributed by atoms with E-state index >= 15 is 0 Å². The molecule has 1 saturated heterocycles. The summed E-state index contributed by atoms with van der Waals surface area (Å²) in [6.45, 7) is 0.603. The summed E-state index contributed by atoms with van der Waals surface area (Å²) in [6.07, 6.45) is 0.622. The Labute approximate surface area is 114 Å². The lowest BCUT2D eigenvalue weighted by molar-refractivity contribution is -0.120. The van der Waals surface area contributed by atoms with Gasteiger partial charge in [-0.05, 0) is 30.7 Å². The third kappa shape index (κ3) is 2.29. The Morgan fingerprint density at radius 3 is 2.95 bits per heavy atom. The van der Waals surface area contributed by atoms with E-state index in [0.29, 0.717) is 23.7 Å². The Morgan fingerprint density at radius 1 is 1.37 bits per heavy atom. The number of carbonyl (C=O) groups is 2. The van der Waals surface area contributed by atoms with Crippen LogP contribution >= 0.6 is 11.6 Å². The summed E-state index contributed by atoms with van der Waals surface area (Å²) in [5, 5.41) is 6.87. The van der Waals surface area contributed by atoms with Gasteiger partial charge < -0.3 is 15.6 Å². The van der Waals surface area contributed by atoms with Crippen molar-refractivity contribution in [3.8, 4) is 0 Å². The fraction of sp³-hybridized carbons (Fsp3) is 0.231. The second kappa shape index (κ2) is 4.59. The van der Waals surface area contributed by atoms with Crippen molar-refractivity contribution in [2.24, 2.45) is 0 Å². The average Bonchev–Trinajstić information content (AvgIpc) is 2.96. The van der Waals surface area contributed by atoms with Gasteiger partial charge in [-0.25, -0.2) is 0 Å². The highest BCUT2D eigenvalue weighted by Gasteiger charge is 2.26. The quantitative estimate of drug-likeness (QED) is 0.777. The van der Waals surface area contributed by atoms with Crippen LogP contribution in [0.5, 0.6) is 0 Å². The summed E-state index contributed by atoms with van der Waals surface area (Å²) in [6, 6.07) is 6.64. The van der Waals surface area contributed by atoms with E-state index in [-0.39, 0.29) is 11.8 Å². The lowest BCUT2D eigenvalue weighted by Crippen LogP contribution is -2.40. The van der Waals surface area contributed by atoms with Crippen LogP contribution in [0.1, 0.15) is 16.9 Å². The van der Waals surface area contributed by atoms with Crippen molar-refractivity contribution in [3.63, 3.8) is 0 Å². The van der Waals surface area contributed by atoms with Crippen LogP contribution in [0.4, 0.5) is 0 Å². The molecule has 5 nitrogen and oxygen atoms in total. The Kier molecular flexibility index (Phi) is 2.91. The zero-order chi connectivity index (χ0) is 13.4. The normalized spacial score (nSPS) is 18.6. The van der Waals surface area contributed by atoms with Gasteiger partial charge in [0.25, 0.3) is 5.91 Å². The molecule has 1 aliphatic rings. The molecule has 2 aromatic rings. The maximum atomic E-state index is 12.0. The minimum Gasteiger partial charge on any atom is -0.354 e. The van der Waals surface area contributed by atoms with Gasteiger partial charge in [-0.2, -0.15) is 0 Å². The average molecular weight is 278 g/mol. The van der Waals surface area contributed by atoms with Crippen LogP contribution in [0.3, 0.4) is 0 Å². The number of aromatic nitrogens is 1. The molecular formula is C13H12ClN3O2. The summed E-state index contributed by atoms with van der Waals surface area (Å²) in [7, 11) is 0. The fourth-order valence-corrected chi connectivity index (χ4v) is 2.37. The van der Waals surface area contributed by atoms with Crippen LogP contribution in [0.2, 0.25) is 5.02 Å². The van der Waals surface area contributed by atoms with E-state index in [9.17, 15) is 9.59 Å². The molecule has 0 radical (unpaired) electrons. The van der Waals surface area contributed by atoms with E-state index in [4.69, 9.17) is 11.6 Å². The number of hydrogen-bond donors (Lipinski definition) is 3. The summed E-state index contributed by atoms with van der Waals surface area (Å²) in [5.41, 5.74) is 1.27. The maximum absolute atomic E-state index is 12.0. The Bertz CT molecular complexity index is 665. The first-order chi connectivity index (χ1) is 9.13. The van der Waals surface area contributed by atoms with Crippen molar-refractivity contribution in [2.75, 3.05) is 6.54 Å². The number of H-pyrrole nitrogens is 1. The minimum atomic E-state index is -0.442. The van der Waals surface area contributed by atoms with Crippen LogP contribution in [-0.2, 0) is 4.79 Å². The monoisotopic (exact) mass is 277 g/mol. The second-order valence-corrected chi connectivity index (χ2v) is 4.96. The molecule has 98 valence electrons. The molecule has 6 heteroatoms. The third-order valence-electron chi connectivity index (χ3n) is 3.18. The first-order valence-corrected chi connectivity index (χ1v) is 6.38. The molecule has 2 amide bonds. The van der Waals surface area contributed by atoms with E-state index in [1.165, 1.54) is 0 Å². The molecule has 1 unspecified atom stereocenters. The van der Waals surface area contributed by atoms with E-state index in [1.54, 1.807) is 18.2 Å². The Balaban J connectivity index is 1.83. The zero-order valence-electron chi connectivity index (χ0n) is 10.00. The molecule has 19 heavy (non-hydrogen) atoms. The highest BCUT2D eigenvalue weighted by atomic mass is 35.5. The summed E-state index contributed by atoms with van der Waals surface area (Å²) < 4.78 is 0. The second-order valence-electron chi connectivity index (χ2n) is 4.52. The van der Waals surface area contributed by atoms with E-state index < -0.39 is 6.04 Å². The van der Waals surface area contributed by atoms with Crippen molar-refractivity contribution in [1.82, 2.24) is 15.6 Å². The molecule has 3 rings (SSSR count). The van der Waals surface area contributed by atoms with Crippen molar-refractivity contribution < 1.29 is 9.59 Å². The van der Waals surface area contributed by atoms with Gasteiger partial charge in [0.15, 0.2) is 0 Å². The number of fused-ring (bicyclic) bond motifs is 1. The molecule has 1 aliphatic heterocycles. The number of benzene rings is 1. The van der Waals surface area contributed by atoms with E-state index in [0.717, 1.165) is 10.9 Å². The molecule has 2 heterocycles. The predicted octanol–water partition coefficient (Wildman–Crippen LogP) is 1.44. The van der Waals surface area contributed by atoms with E-state index in [2.05, 4.69) is 15.6 Å². The van der Waals surface area contributed by atoms with Gasteiger partial charge in [-0.3, -0.25) is 9.59 Å². The molecule has 1 atom stereocenters. The number of aromatic amines is 1. The number of carbonyl (C=O) groups excluding carboxylic acids is 2. The standard InChI is InChI=1S/C13H12ClN3O2/c14-8-1-2-9-7(5-8)6-11(16-9)13(19)17-10-3-4-15-12(10)18/h1-2,5-6,10,16H,3-4H2,(H,15,18)(H,17,19). The van der Waals surface area contributed by atoms with Crippen LogP contribution in [0, 0.1) is 0 Å². The maximum Gasteiger partial charge on any atom is 0.268 e. The Morgan fingerprint density at radius 2 is 2.21 bits per heavy atom. The SMILES string of the molecule is O=C(NC1CCNC1=O)c1cc2cc(Cl)ccc2[nH]1. The van der Waals surface area contributed by atoms with Crippen LogP contribution < -0.4 is 10.6 Å². The van der Waals surface area contributed by atoms with E-state index in [1.807, 2.05) is 6.07 Å². The Hall–Kier alpha value is -2.01. The lowest BCUT2D eigenvalue weighted by atomic mass is 10.2. The minimum absolute atomic E-state index is 0.132. The largest absolute Gasteiger partial charge is 0.354 e. The highest BCUT2D eigenvalue weighted by Crippen LogP contribution is 2.20. The summed E-state index contributed by atoms with van der Waals surface area (Å²) in [4.78, 5) is 26.5. The van der Waals surface area contributed by atoms with Gasteiger partial charge in [0.05, 0.1) is 0 Å². The molecule has 1 fully saturated rings. The van der Waals surface area contributed by atoms with Crippen molar-refractivity contribution >= 4 is 34.3 Å². The van der Waals surface area contributed by atoms with Crippen molar-refractivity contribution in [3.05, 3.63) is 35.0 Å². The first-order valence-electron chi connectivity index (χ1n) is 6.00. The molecular weight excluding hydrogens is 266 g/mol. The summed E-state index contributed by atoms with van der Waals surface area (Å²) >= 11 is 5.90. The molecule has 0 spiro atoms. The number of hydrogen-bond acceptors (Lipinski definition) is 2. The molecule has 1 aromatic heterocycles. The fourth-order valence-electron chi connectivity index (χ4n) is 2.19. The smallest absolute Gasteiger partial charge is 0.268 e. The van der Waals surface area contributed by atoms with Gasteiger partial charge >= 0.3 is 0 Å². The number of rotatable bonds is 2. The molecule has 0 aliphatic carbocycles. The molecule has 1 aromatic carbocycles. The van der Waals surface area contributed by atoms with Crippen molar-refractivity contribution in [1.29, 1.82) is 0 Å². The third-order valence-corrected chi connectivity index (χ3v) is 3.42. The molecule has 0 bridgehead atoms. The van der Waals surface area contributed by atoms with Gasteiger partial charge in [0.1, 0.15) is 11.7 Å². The topological polar surface area (TPSA) is 74.0 Å². The number of nitrogens with one attached hydrogen (secondary N) is 3. The number of halogens is 1. The molecule has 0 saturated carbocycles. The van der Waals surface area contributed by atoms with Gasteiger partial charge in [0.2, 0.25) is 5.91 Å². The zero-order valence-corrected chi connectivity index (χ0v) is 10.8.